The van der Waals surface area contributed by atoms with E-state index >= 15 is 0 Å². The van der Waals surface area contributed by atoms with Crippen LogP contribution in [0.3, 0.4) is 0 Å². The van der Waals surface area contributed by atoms with E-state index in [9.17, 15) is 4.79 Å². The third-order valence-corrected chi connectivity index (χ3v) is 3.25. The maximum Gasteiger partial charge on any atom is 0.317 e. The van der Waals surface area contributed by atoms with Gasteiger partial charge in [0.05, 0.1) is 6.54 Å². The van der Waals surface area contributed by atoms with Gasteiger partial charge in [-0.05, 0) is 37.1 Å². The Morgan fingerprint density at radius 3 is 2.55 bits per heavy atom. The molecule has 5 heteroatoms. The number of ether oxygens (including phenoxy) is 1. The highest BCUT2D eigenvalue weighted by Gasteiger charge is 2.14. The van der Waals surface area contributed by atoms with Gasteiger partial charge in [-0.3, -0.25) is 0 Å². The Balaban J connectivity index is 1.69. The molecule has 0 spiro atoms. The first kappa shape index (κ1) is 14.7. The van der Waals surface area contributed by atoms with Gasteiger partial charge >= 0.3 is 6.03 Å². The van der Waals surface area contributed by atoms with Crippen LogP contribution in [-0.2, 0) is 0 Å². The highest BCUT2D eigenvalue weighted by Crippen LogP contribution is 2.15. The zero-order chi connectivity index (χ0) is 14.4. The van der Waals surface area contributed by atoms with Gasteiger partial charge in [0.25, 0.3) is 0 Å². The highest BCUT2D eigenvalue weighted by atomic mass is 16.5. The topological polar surface area (TPSA) is 53.6 Å². The number of piperazine rings is 1. The molecular weight excluding hydrogens is 254 g/mol. The fourth-order valence-electron chi connectivity index (χ4n) is 2.32. The Morgan fingerprint density at radius 2 is 1.90 bits per heavy atom. The second kappa shape index (κ2) is 7.14. The number of carbonyl (C=O) groups excluding carboxylic acids is 1. The van der Waals surface area contributed by atoms with Crippen molar-refractivity contribution in [3.8, 4) is 5.75 Å². The van der Waals surface area contributed by atoms with E-state index in [1.165, 1.54) is 11.1 Å². The van der Waals surface area contributed by atoms with Crippen molar-refractivity contribution in [2.45, 2.75) is 13.8 Å². The monoisotopic (exact) mass is 277 g/mol. The molecule has 2 amide bonds. The number of nitrogens with one attached hydrogen (secondary N) is 2. The lowest BCUT2D eigenvalue weighted by Crippen LogP contribution is -2.50. The fourth-order valence-corrected chi connectivity index (χ4v) is 2.32. The van der Waals surface area contributed by atoms with Crippen molar-refractivity contribution in [1.29, 1.82) is 0 Å². The average molecular weight is 277 g/mol. The summed E-state index contributed by atoms with van der Waals surface area (Å²) < 4.78 is 5.66. The molecule has 5 nitrogen and oxygen atoms in total. The molecule has 0 unspecified atom stereocenters. The minimum Gasteiger partial charge on any atom is -0.492 e. The first-order valence-corrected chi connectivity index (χ1v) is 7.10. The molecule has 1 heterocycles. The van der Waals surface area contributed by atoms with Crippen molar-refractivity contribution in [3.05, 3.63) is 29.3 Å². The predicted molar refractivity (Wildman–Crippen MR) is 79.3 cm³/mol. The lowest BCUT2D eigenvalue weighted by molar-refractivity contribution is 0.187. The van der Waals surface area contributed by atoms with Gasteiger partial charge in [-0.15, -0.1) is 0 Å². The summed E-state index contributed by atoms with van der Waals surface area (Å²) >= 11 is 0. The van der Waals surface area contributed by atoms with Gasteiger partial charge in [0.2, 0.25) is 0 Å². The molecule has 1 fully saturated rings. The minimum atomic E-state index is -0.00415. The van der Waals surface area contributed by atoms with Gasteiger partial charge in [-0.25, -0.2) is 4.79 Å². The Labute approximate surface area is 120 Å². The number of benzene rings is 1. The molecule has 110 valence electrons. The zero-order valence-corrected chi connectivity index (χ0v) is 12.2. The molecule has 0 radical (unpaired) electrons. The molecular formula is C15H23N3O2. The summed E-state index contributed by atoms with van der Waals surface area (Å²) in [5.74, 6) is 0.860. The first-order valence-electron chi connectivity index (χ1n) is 7.10. The number of amides is 2. The Hall–Kier alpha value is -1.75. The van der Waals surface area contributed by atoms with E-state index in [0.717, 1.165) is 31.9 Å². The van der Waals surface area contributed by atoms with Crippen LogP contribution < -0.4 is 15.4 Å². The molecule has 1 aromatic carbocycles. The first-order chi connectivity index (χ1) is 9.65. The predicted octanol–water partition coefficient (Wildman–Crippen LogP) is 1.30. The summed E-state index contributed by atoms with van der Waals surface area (Å²) in [6, 6.07) is 6.12. The summed E-state index contributed by atoms with van der Waals surface area (Å²) in [6.45, 7) is 8.38. The number of hydrogen-bond acceptors (Lipinski definition) is 3. The van der Waals surface area contributed by atoms with Gasteiger partial charge in [-0.1, -0.05) is 6.07 Å². The molecule has 0 aliphatic carbocycles. The summed E-state index contributed by atoms with van der Waals surface area (Å²) in [4.78, 5) is 13.7. The maximum atomic E-state index is 11.8. The van der Waals surface area contributed by atoms with E-state index in [0.29, 0.717) is 13.2 Å². The molecule has 2 rings (SSSR count). The smallest absolute Gasteiger partial charge is 0.317 e. The number of hydrogen-bond donors (Lipinski definition) is 2. The van der Waals surface area contributed by atoms with E-state index in [4.69, 9.17) is 4.74 Å². The van der Waals surface area contributed by atoms with Crippen LogP contribution >= 0.6 is 0 Å². The third-order valence-electron chi connectivity index (χ3n) is 3.25. The highest BCUT2D eigenvalue weighted by molar-refractivity contribution is 5.74. The standard InChI is InChI=1S/C15H23N3O2/c1-12-9-13(2)11-14(10-12)20-8-5-17-15(19)18-6-3-16-4-7-18/h9-11,16H,3-8H2,1-2H3,(H,17,19). The Kier molecular flexibility index (Phi) is 5.24. The van der Waals surface area contributed by atoms with Crippen LogP contribution in [-0.4, -0.2) is 50.3 Å². The maximum absolute atomic E-state index is 11.8. The molecule has 0 aromatic heterocycles. The number of nitrogens with zero attached hydrogens (tertiary/aromatic N) is 1. The van der Waals surface area contributed by atoms with Crippen LogP contribution in [0.25, 0.3) is 0 Å². The summed E-state index contributed by atoms with van der Waals surface area (Å²) in [5.41, 5.74) is 2.37. The zero-order valence-electron chi connectivity index (χ0n) is 12.2. The van der Waals surface area contributed by atoms with E-state index in [1.54, 1.807) is 0 Å². The van der Waals surface area contributed by atoms with Crippen LogP contribution in [0.4, 0.5) is 4.79 Å². The number of urea groups is 1. The molecule has 20 heavy (non-hydrogen) atoms. The molecule has 0 bridgehead atoms. The fraction of sp³-hybridized carbons (Fsp3) is 0.533. The van der Waals surface area contributed by atoms with E-state index in [-0.39, 0.29) is 6.03 Å². The average Bonchev–Trinajstić information content (AvgIpc) is 2.43. The summed E-state index contributed by atoms with van der Waals surface area (Å²) in [5, 5.41) is 6.11. The molecule has 0 atom stereocenters. The van der Waals surface area contributed by atoms with E-state index in [2.05, 4.69) is 16.7 Å². The van der Waals surface area contributed by atoms with Crippen LogP contribution in [0.2, 0.25) is 0 Å². The number of carbonyl (C=O) groups is 1. The van der Waals surface area contributed by atoms with Gasteiger partial charge in [0, 0.05) is 26.2 Å². The molecule has 0 saturated carbocycles. The lowest BCUT2D eigenvalue weighted by atomic mass is 10.1. The van der Waals surface area contributed by atoms with Gasteiger partial charge in [0.15, 0.2) is 0 Å². The van der Waals surface area contributed by atoms with Crippen molar-refractivity contribution in [1.82, 2.24) is 15.5 Å². The molecule has 1 aromatic rings. The summed E-state index contributed by atoms with van der Waals surface area (Å²) in [7, 11) is 0. The van der Waals surface area contributed by atoms with Crippen LogP contribution in [0.15, 0.2) is 18.2 Å². The second-order valence-electron chi connectivity index (χ2n) is 5.14. The Bertz CT molecular complexity index is 436. The molecule has 1 aliphatic heterocycles. The van der Waals surface area contributed by atoms with Crippen molar-refractivity contribution in [3.63, 3.8) is 0 Å². The minimum absolute atomic E-state index is 0.00415. The van der Waals surface area contributed by atoms with Gasteiger partial charge in [0.1, 0.15) is 12.4 Å². The molecule has 1 aliphatic rings. The molecule has 1 saturated heterocycles. The van der Waals surface area contributed by atoms with Crippen molar-refractivity contribution >= 4 is 6.03 Å². The summed E-state index contributed by atoms with van der Waals surface area (Å²) in [6.07, 6.45) is 0. The number of rotatable bonds is 4. The lowest BCUT2D eigenvalue weighted by Gasteiger charge is -2.27. The van der Waals surface area contributed by atoms with E-state index in [1.807, 2.05) is 30.9 Å². The number of aryl methyl sites for hydroxylation is 2. The Morgan fingerprint density at radius 1 is 1.25 bits per heavy atom. The largest absolute Gasteiger partial charge is 0.492 e. The van der Waals surface area contributed by atoms with Gasteiger partial charge in [-0.2, -0.15) is 0 Å². The van der Waals surface area contributed by atoms with E-state index < -0.39 is 0 Å². The van der Waals surface area contributed by atoms with Crippen LogP contribution in [0, 0.1) is 13.8 Å². The van der Waals surface area contributed by atoms with Crippen molar-refractivity contribution < 1.29 is 9.53 Å². The molecule has 2 N–H and O–H groups in total. The van der Waals surface area contributed by atoms with Crippen LogP contribution in [0.1, 0.15) is 11.1 Å². The van der Waals surface area contributed by atoms with Crippen LogP contribution in [0.5, 0.6) is 5.75 Å². The van der Waals surface area contributed by atoms with Gasteiger partial charge < -0.3 is 20.3 Å². The third kappa shape index (κ3) is 4.42. The second-order valence-corrected chi connectivity index (χ2v) is 5.14. The van der Waals surface area contributed by atoms with Crippen molar-refractivity contribution in [2.24, 2.45) is 0 Å². The van der Waals surface area contributed by atoms with Crippen molar-refractivity contribution in [2.75, 3.05) is 39.3 Å². The quantitative estimate of drug-likeness (QED) is 0.816. The normalized spacial score (nSPS) is 15.0. The SMILES string of the molecule is Cc1cc(C)cc(OCCNC(=O)N2CCNCC2)c1.